The smallest absolute Gasteiger partial charge is 0.276 e. The number of nitro benzene ring substituents is 1. The van der Waals surface area contributed by atoms with Crippen LogP contribution in [0.2, 0.25) is 0 Å². The zero-order chi connectivity index (χ0) is 10.6. The molecule has 1 aromatic rings. The van der Waals surface area contributed by atoms with E-state index in [4.69, 9.17) is 10.5 Å². The number of non-ortho nitro benzene ring substituents is 1. The Kier molecular flexibility index (Phi) is 3.01. The van der Waals surface area contributed by atoms with Crippen LogP contribution in [0.4, 0.5) is 5.69 Å². The molecule has 0 bridgehead atoms. The van der Waals surface area contributed by atoms with E-state index in [9.17, 15) is 14.9 Å². The Balaban J connectivity index is 2.64. The van der Waals surface area contributed by atoms with Gasteiger partial charge in [0.1, 0.15) is 5.75 Å². The Hall–Kier alpha value is -2.11. The SMILES string of the molecule is [NH]C(=O)COc1ccc([N+](=O)[O-])cc1. The lowest BCUT2D eigenvalue weighted by molar-refractivity contribution is -0.384. The molecule has 0 aliphatic heterocycles. The predicted octanol–water partition coefficient (Wildman–Crippen LogP) is 0.783. The molecule has 1 N–H and O–H groups in total. The molecule has 1 aromatic carbocycles. The summed E-state index contributed by atoms with van der Waals surface area (Å²) in [6.07, 6.45) is 0. The van der Waals surface area contributed by atoms with Crippen molar-refractivity contribution in [3.63, 3.8) is 0 Å². The molecule has 0 aliphatic rings. The zero-order valence-corrected chi connectivity index (χ0v) is 7.10. The third kappa shape index (κ3) is 2.74. The highest BCUT2D eigenvalue weighted by atomic mass is 16.6. The van der Waals surface area contributed by atoms with Crippen molar-refractivity contribution in [2.24, 2.45) is 0 Å². The highest BCUT2D eigenvalue weighted by Crippen LogP contribution is 2.16. The molecule has 0 unspecified atom stereocenters. The molecule has 0 saturated heterocycles. The van der Waals surface area contributed by atoms with Crippen LogP contribution >= 0.6 is 0 Å². The van der Waals surface area contributed by atoms with Gasteiger partial charge in [0, 0.05) is 12.1 Å². The second-order valence-corrected chi connectivity index (χ2v) is 2.46. The van der Waals surface area contributed by atoms with E-state index in [2.05, 4.69) is 0 Å². The van der Waals surface area contributed by atoms with Crippen LogP contribution in [0, 0.1) is 10.1 Å². The normalized spacial score (nSPS) is 9.43. The molecule has 73 valence electrons. The number of nitrogens with one attached hydrogen (secondary N) is 1. The summed E-state index contributed by atoms with van der Waals surface area (Å²) in [5.41, 5.74) is 6.52. The summed E-state index contributed by atoms with van der Waals surface area (Å²) in [6.45, 7) is -0.349. The molecule has 0 spiro atoms. The average Bonchev–Trinajstić information content (AvgIpc) is 2.15. The van der Waals surface area contributed by atoms with Crippen molar-refractivity contribution in [3.05, 3.63) is 34.4 Å². The fraction of sp³-hybridized carbons (Fsp3) is 0.125. The van der Waals surface area contributed by atoms with E-state index in [1.807, 2.05) is 0 Å². The van der Waals surface area contributed by atoms with Crippen molar-refractivity contribution in [1.82, 2.24) is 5.73 Å². The van der Waals surface area contributed by atoms with Gasteiger partial charge in [0.25, 0.3) is 11.6 Å². The van der Waals surface area contributed by atoms with E-state index in [-0.39, 0.29) is 12.3 Å². The largest absolute Gasteiger partial charge is 0.484 e. The van der Waals surface area contributed by atoms with Crippen molar-refractivity contribution in [2.45, 2.75) is 0 Å². The maximum atomic E-state index is 10.3. The molecule has 1 rings (SSSR count). The Labute approximate surface area is 79.4 Å². The topological polar surface area (TPSA) is 93.2 Å². The zero-order valence-electron chi connectivity index (χ0n) is 7.10. The Bertz CT molecular complexity index is 347. The number of nitro groups is 1. The minimum atomic E-state index is -0.844. The van der Waals surface area contributed by atoms with Gasteiger partial charge in [0.15, 0.2) is 6.61 Å². The summed E-state index contributed by atoms with van der Waals surface area (Å²) in [7, 11) is 0. The van der Waals surface area contributed by atoms with Crippen LogP contribution in [-0.4, -0.2) is 17.4 Å². The van der Waals surface area contributed by atoms with Crippen LogP contribution in [0.5, 0.6) is 5.75 Å². The molecule has 0 atom stereocenters. The monoisotopic (exact) mass is 195 g/mol. The highest BCUT2D eigenvalue weighted by molar-refractivity contribution is 5.74. The van der Waals surface area contributed by atoms with Crippen LogP contribution in [0.3, 0.4) is 0 Å². The van der Waals surface area contributed by atoms with Gasteiger partial charge < -0.3 is 4.74 Å². The van der Waals surface area contributed by atoms with E-state index in [1.165, 1.54) is 24.3 Å². The molecule has 0 aliphatic carbocycles. The van der Waals surface area contributed by atoms with Gasteiger partial charge in [-0.3, -0.25) is 20.6 Å². The molecule has 1 radical (unpaired) electrons. The summed E-state index contributed by atoms with van der Waals surface area (Å²) < 4.78 is 4.84. The standard InChI is InChI=1S/C8H7N2O4/c9-8(11)5-14-7-3-1-6(2-4-7)10(12)13/h1-4,9H,5H2. The predicted molar refractivity (Wildman–Crippen MR) is 46.7 cm³/mol. The van der Waals surface area contributed by atoms with E-state index in [0.717, 1.165) is 0 Å². The van der Waals surface area contributed by atoms with Crippen LogP contribution in [0.15, 0.2) is 24.3 Å². The fourth-order valence-electron chi connectivity index (χ4n) is 0.813. The van der Waals surface area contributed by atoms with Crippen LogP contribution < -0.4 is 10.5 Å². The molecule has 0 saturated carbocycles. The molecule has 6 heteroatoms. The Morgan fingerprint density at radius 2 is 2.00 bits per heavy atom. The molecule has 0 fully saturated rings. The summed E-state index contributed by atoms with van der Waals surface area (Å²) in [5.74, 6) is -0.514. The summed E-state index contributed by atoms with van der Waals surface area (Å²) in [5, 5.41) is 10.3. The summed E-state index contributed by atoms with van der Waals surface area (Å²) in [4.78, 5) is 20.0. The molecule has 0 aromatic heterocycles. The van der Waals surface area contributed by atoms with Gasteiger partial charge >= 0.3 is 0 Å². The number of rotatable bonds is 4. The van der Waals surface area contributed by atoms with Gasteiger partial charge in [-0.25, -0.2) is 0 Å². The van der Waals surface area contributed by atoms with Gasteiger partial charge in [-0.1, -0.05) is 0 Å². The number of hydrogen-bond donors (Lipinski definition) is 0. The lowest BCUT2D eigenvalue weighted by atomic mass is 10.3. The Morgan fingerprint density at radius 3 is 2.43 bits per heavy atom. The van der Waals surface area contributed by atoms with Gasteiger partial charge in [-0.05, 0) is 12.1 Å². The van der Waals surface area contributed by atoms with Gasteiger partial charge in [-0.2, -0.15) is 0 Å². The third-order valence-corrected chi connectivity index (χ3v) is 1.42. The second-order valence-electron chi connectivity index (χ2n) is 2.46. The number of carbonyl (C=O) groups is 1. The van der Waals surface area contributed by atoms with Crippen molar-refractivity contribution in [1.29, 1.82) is 0 Å². The number of ether oxygens (including phenoxy) is 1. The van der Waals surface area contributed by atoms with Gasteiger partial charge in [-0.15, -0.1) is 0 Å². The van der Waals surface area contributed by atoms with Crippen molar-refractivity contribution < 1.29 is 14.5 Å². The maximum absolute atomic E-state index is 10.3. The highest BCUT2D eigenvalue weighted by Gasteiger charge is 2.04. The quantitative estimate of drug-likeness (QED) is 0.524. The number of hydrogen-bond acceptors (Lipinski definition) is 4. The van der Waals surface area contributed by atoms with Crippen LogP contribution in [-0.2, 0) is 4.79 Å². The van der Waals surface area contributed by atoms with Gasteiger partial charge in [0.2, 0.25) is 0 Å². The number of carbonyl (C=O) groups excluding carboxylic acids is 1. The first kappa shape index (κ1) is 9.97. The first-order chi connectivity index (χ1) is 6.59. The Morgan fingerprint density at radius 1 is 1.43 bits per heavy atom. The van der Waals surface area contributed by atoms with Crippen LogP contribution in [0.1, 0.15) is 0 Å². The molecule has 6 nitrogen and oxygen atoms in total. The first-order valence-electron chi connectivity index (χ1n) is 3.71. The van der Waals surface area contributed by atoms with Crippen molar-refractivity contribution in [3.8, 4) is 5.75 Å². The molecule has 0 heterocycles. The van der Waals surface area contributed by atoms with Gasteiger partial charge in [0.05, 0.1) is 4.92 Å². The lowest BCUT2D eigenvalue weighted by Gasteiger charge is -2.01. The fourth-order valence-corrected chi connectivity index (χ4v) is 0.813. The molecular weight excluding hydrogens is 188 g/mol. The van der Waals surface area contributed by atoms with E-state index >= 15 is 0 Å². The minimum absolute atomic E-state index is 0.0467. The average molecular weight is 195 g/mol. The molecular formula is C8H7N2O4. The molecule has 14 heavy (non-hydrogen) atoms. The van der Waals surface area contributed by atoms with Crippen LogP contribution in [0.25, 0.3) is 0 Å². The molecule has 1 amide bonds. The van der Waals surface area contributed by atoms with Crippen molar-refractivity contribution in [2.75, 3.05) is 6.61 Å². The summed E-state index contributed by atoms with van der Waals surface area (Å²) >= 11 is 0. The number of amides is 1. The first-order valence-corrected chi connectivity index (χ1v) is 3.71. The maximum Gasteiger partial charge on any atom is 0.276 e. The third-order valence-electron chi connectivity index (χ3n) is 1.42. The summed E-state index contributed by atoms with van der Waals surface area (Å²) in [6, 6.07) is 5.29. The lowest BCUT2D eigenvalue weighted by Crippen LogP contribution is -2.11. The minimum Gasteiger partial charge on any atom is -0.484 e. The number of nitrogens with zero attached hydrogens (tertiary/aromatic N) is 1. The van der Waals surface area contributed by atoms with E-state index in [1.54, 1.807) is 0 Å². The van der Waals surface area contributed by atoms with Crippen molar-refractivity contribution >= 4 is 11.6 Å². The second kappa shape index (κ2) is 4.22. The van der Waals surface area contributed by atoms with E-state index in [0.29, 0.717) is 5.75 Å². The van der Waals surface area contributed by atoms with E-state index < -0.39 is 10.8 Å². The number of benzene rings is 1.